The first kappa shape index (κ1) is 12.5. The fourth-order valence-electron chi connectivity index (χ4n) is 2.74. The van der Waals surface area contributed by atoms with Gasteiger partial charge >= 0.3 is 0 Å². The van der Waals surface area contributed by atoms with Crippen LogP contribution in [0.1, 0.15) is 30.6 Å². The maximum atomic E-state index is 5.87. The zero-order valence-electron chi connectivity index (χ0n) is 11.1. The van der Waals surface area contributed by atoms with E-state index in [1.807, 2.05) is 18.3 Å². The van der Waals surface area contributed by atoms with Crippen LogP contribution in [-0.4, -0.2) is 16.2 Å². The van der Waals surface area contributed by atoms with E-state index in [-0.39, 0.29) is 0 Å². The summed E-state index contributed by atoms with van der Waals surface area (Å²) in [6, 6.07) is 8.55. The Morgan fingerprint density at radius 2 is 2.26 bits per heavy atom. The first-order valence-electron chi connectivity index (χ1n) is 6.79. The molecule has 1 aromatic heterocycles. The predicted molar refractivity (Wildman–Crippen MR) is 78.3 cm³/mol. The van der Waals surface area contributed by atoms with Crippen LogP contribution in [0.2, 0.25) is 0 Å². The van der Waals surface area contributed by atoms with Crippen molar-refractivity contribution in [2.45, 2.75) is 32.2 Å². The van der Waals surface area contributed by atoms with Gasteiger partial charge in [0.1, 0.15) is 12.4 Å². The number of rotatable bonds is 3. The molecule has 1 aromatic carbocycles. The van der Waals surface area contributed by atoms with E-state index in [0.717, 1.165) is 29.8 Å². The van der Waals surface area contributed by atoms with Gasteiger partial charge in [0.2, 0.25) is 0 Å². The van der Waals surface area contributed by atoms with E-state index in [9.17, 15) is 0 Å². The third kappa shape index (κ3) is 2.32. The molecule has 1 N–H and O–H groups in total. The monoisotopic (exact) mass is 274 g/mol. The fraction of sp³-hybridized carbons (Fsp3) is 0.400. The number of para-hydroxylation sites is 1. The molecule has 3 rings (SSSR count). The van der Waals surface area contributed by atoms with Crippen LogP contribution in [0.4, 0.5) is 0 Å². The molecule has 100 valence electrons. The molecule has 0 saturated carbocycles. The lowest BCUT2D eigenvalue weighted by molar-refractivity contribution is 0.220. The lowest BCUT2D eigenvalue weighted by Gasteiger charge is -2.27. The Bertz CT molecular complexity index is 629. The van der Waals surface area contributed by atoms with Crippen LogP contribution in [0.3, 0.4) is 0 Å². The number of imidazole rings is 1. The topological polar surface area (TPSA) is 29.9 Å². The van der Waals surface area contributed by atoms with Gasteiger partial charge in [-0.25, -0.2) is 0 Å². The Kier molecular flexibility index (Phi) is 3.42. The zero-order chi connectivity index (χ0) is 13.2. The summed E-state index contributed by atoms with van der Waals surface area (Å²) in [5, 5.41) is 0. The van der Waals surface area contributed by atoms with Crippen molar-refractivity contribution >= 4 is 12.2 Å². The van der Waals surface area contributed by atoms with Crippen LogP contribution >= 0.6 is 12.2 Å². The van der Waals surface area contributed by atoms with Gasteiger partial charge in [0.05, 0.1) is 6.04 Å². The van der Waals surface area contributed by atoms with E-state index in [1.165, 1.54) is 11.3 Å². The van der Waals surface area contributed by atoms with Gasteiger partial charge in [-0.15, -0.1) is 0 Å². The number of nitrogens with one attached hydrogen (secondary N) is 1. The molecule has 2 heterocycles. The van der Waals surface area contributed by atoms with Crippen molar-refractivity contribution in [3.05, 3.63) is 46.5 Å². The van der Waals surface area contributed by atoms with E-state index in [0.29, 0.717) is 12.6 Å². The summed E-state index contributed by atoms with van der Waals surface area (Å²) in [7, 11) is 0. The first-order valence-corrected chi connectivity index (χ1v) is 7.20. The van der Waals surface area contributed by atoms with E-state index in [4.69, 9.17) is 17.0 Å². The molecule has 4 heteroatoms. The SMILES string of the molecule is CCCc1c[nH]c(=S)n1C1COc2ccccc2C1. The average Bonchev–Trinajstić information content (AvgIpc) is 2.80. The van der Waals surface area contributed by atoms with Gasteiger partial charge < -0.3 is 14.3 Å². The summed E-state index contributed by atoms with van der Waals surface area (Å²) in [6.45, 7) is 2.88. The van der Waals surface area contributed by atoms with E-state index < -0.39 is 0 Å². The fourth-order valence-corrected chi connectivity index (χ4v) is 3.07. The molecule has 19 heavy (non-hydrogen) atoms. The first-order chi connectivity index (χ1) is 9.29. The standard InChI is InChI=1S/C15H18N2OS/c1-2-5-12-9-16-15(19)17(12)13-8-11-6-3-4-7-14(11)18-10-13/h3-4,6-7,9,13H,2,5,8,10H2,1H3,(H,16,19). The molecule has 1 atom stereocenters. The van der Waals surface area contributed by atoms with Crippen molar-refractivity contribution < 1.29 is 4.74 Å². The number of ether oxygens (including phenoxy) is 1. The summed E-state index contributed by atoms with van der Waals surface area (Å²) in [4.78, 5) is 3.17. The molecule has 2 aromatic rings. The maximum absolute atomic E-state index is 5.87. The van der Waals surface area contributed by atoms with Crippen molar-refractivity contribution in [2.24, 2.45) is 0 Å². The van der Waals surface area contributed by atoms with Crippen LogP contribution in [-0.2, 0) is 12.8 Å². The Hall–Kier alpha value is -1.55. The Morgan fingerprint density at radius 1 is 1.42 bits per heavy atom. The van der Waals surface area contributed by atoms with Crippen LogP contribution in [0, 0.1) is 4.77 Å². The second-order valence-corrected chi connectivity index (χ2v) is 5.37. The van der Waals surface area contributed by atoms with Crippen LogP contribution < -0.4 is 4.74 Å². The number of hydrogen-bond donors (Lipinski definition) is 1. The van der Waals surface area contributed by atoms with E-state index in [2.05, 4.69) is 28.6 Å². The lowest BCUT2D eigenvalue weighted by Crippen LogP contribution is -2.25. The number of fused-ring (bicyclic) bond motifs is 1. The highest BCUT2D eigenvalue weighted by Crippen LogP contribution is 2.30. The summed E-state index contributed by atoms with van der Waals surface area (Å²) < 4.78 is 8.90. The van der Waals surface area contributed by atoms with Crippen molar-refractivity contribution in [3.63, 3.8) is 0 Å². The normalized spacial score (nSPS) is 17.8. The molecule has 0 amide bonds. The lowest BCUT2D eigenvalue weighted by atomic mass is 10.0. The third-order valence-electron chi connectivity index (χ3n) is 3.62. The molecule has 0 aliphatic carbocycles. The minimum absolute atomic E-state index is 0.301. The average molecular weight is 274 g/mol. The van der Waals surface area contributed by atoms with Gasteiger partial charge in [-0.1, -0.05) is 31.5 Å². The Balaban J connectivity index is 1.93. The zero-order valence-corrected chi connectivity index (χ0v) is 11.9. The van der Waals surface area contributed by atoms with Crippen LogP contribution in [0.25, 0.3) is 0 Å². The second-order valence-electron chi connectivity index (χ2n) is 4.98. The molecule has 0 saturated heterocycles. The Labute approximate surface area is 118 Å². The van der Waals surface area contributed by atoms with Gasteiger partial charge in [0.25, 0.3) is 0 Å². The molecule has 1 aliphatic rings. The molecular weight excluding hydrogens is 256 g/mol. The summed E-state index contributed by atoms with van der Waals surface area (Å²) in [5.74, 6) is 1.01. The van der Waals surface area contributed by atoms with Gasteiger partial charge in [-0.3, -0.25) is 0 Å². The predicted octanol–water partition coefficient (Wildman–Crippen LogP) is 3.67. The number of aryl methyl sites for hydroxylation is 1. The minimum atomic E-state index is 0.301. The van der Waals surface area contributed by atoms with E-state index in [1.54, 1.807) is 0 Å². The van der Waals surface area contributed by atoms with Gasteiger partial charge in [0, 0.05) is 18.3 Å². The van der Waals surface area contributed by atoms with Crippen LogP contribution in [0.15, 0.2) is 30.5 Å². The van der Waals surface area contributed by atoms with Gasteiger partial charge in [0.15, 0.2) is 4.77 Å². The number of hydrogen-bond acceptors (Lipinski definition) is 2. The number of aromatic amines is 1. The van der Waals surface area contributed by atoms with Gasteiger partial charge in [-0.2, -0.15) is 0 Å². The maximum Gasteiger partial charge on any atom is 0.177 e. The second kappa shape index (κ2) is 5.21. The molecule has 0 fully saturated rings. The van der Waals surface area contributed by atoms with Crippen LogP contribution in [0.5, 0.6) is 5.75 Å². The summed E-state index contributed by atoms with van der Waals surface area (Å²) >= 11 is 5.42. The van der Waals surface area contributed by atoms with Gasteiger partial charge in [-0.05, 0) is 30.3 Å². The quantitative estimate of drug-likeness (QED) is 0.865. The molecule has 0 radical (unpaired) electrons. The molecule has 0 spiro atoms. The molecule has 1 aliphatic heterocycles. The number of aromatic nitrogens is 2. The molecule has 1 unspecified atom stereocenters. The smallest absolute Gasteiger partial charge is 0.177 e. The van der Waals surface area contributed by atoms with Crippen molar-refractivity contribution in [3.8, 4) is 5.75 Å². The molecule has 3 nitrogen and oxygen atoms in total. The summed E-state index contributed by atoms with van der Waals surface area (Å²) in [6.07, 6.45) is 5.19. The van der Waals surface area contributed by atoms with Crippen molar-refractivity contribution in [2.75, 3.05) is 6.61 Å². The third-order valence-corrected chi connectivity index (χ3v) is 3.94. The van der Waals surface area contributed by atoms with Crippen molar-refractivity contribution in [1.29, 1.82) is 0 Å². The number of benzene rings is 1. The van der Waals surface area contributed by atoms with Crippen molar-refractivity contribution in [1.82, 2.24) is 9.55 Å². The van der Waals surface area contributed by atoms with E-state index >= 15 is 0 Å². The highest BCUT2D eigenvalue weighted by molar-refractivity contribution is 7.71. The minimum Gasteiger partial charge on any atom is -0.491 e. The summed E-state index contributed by atoms with van der Waals surface area (Å²) in [5.41, 5.74) is 2.55. The highest BCUT2D eigenvalue weighted by Gasteiger charge is 2.23. The molecule has 0 bridgehead atoms. The number of H-pyrrole nitrogens is 1. The largest absolute Gasteiger partial charge is 0.491 e. The highest BCUT2D eigenvalue weighted by atomic mass is 32.1. The Morgan fingerprint density at radius 3 is 3.11 bits per heavy atom. The number of nitrogens with zero attached hydrogens (tertiary/aromatic N) is 1. The molecular formula is C15H18N2OS.